The molecule has 2 rings (SSSR count). The molecule has 2 N–H and O–H groups in total. The second-order valence-electron chi connectivity index (χ2n) is 4.26. The quantitative estimate of drug-likeness (QED) is 0.906. The standard InChI is InChI=1S/C14H14F2N2/c1-9(10-4-6-18-7-5-10)14(17)12-3-2-11(15)8-13(12)16/h2-9,14H,17H2,1H3. The zero-order valence-electron chi connectivity index (χ0n) is 9.98. The molecule has 0 amide bonds. The summed E-state index contributed by atoms with van der Waals surface area (Å²) in [6.07, 6.45) is 3.33. The molecule has 0 radical (unpaired) electrons. The van der Waals surface area contributed by atoms with E-state index < -0.39 is 17.7 Å². The molecule has 0 saturated heterocycles. The maximum absolute atomic E-state index is 13.6. The number of hydrogen-bond acceptors (Lipinski definition) is 2. The van der Waals surface area contributed by atoms with E-state index >= 15 is 0 Å². The number of nitrogens with two attached hydrogens (primary N) is 1. The van der Waals surface area contributed by atoms with E-state index in [9.17, 15) is 8.78 Å². The van der Waals surface area contributed by atoms with Crippen LogP contribution >= 0.6 is 0 Å². The number of rotatable bonds is 3. The Morgan fingerprint density at radius 1 is 1.11 bits per heavy atom. The minimum atomic E-state index is -0.608. The van der Waals surface area contributed by atoms with Gasteiger partial charge in [0.25, 0.3) is 0 Å². The van der Waals surface area contributed by atoms with Crippen LogP contribution in [-0.2, 0) is 0 Å². The molecule has 0 aliphatic carbocycles. The van der Waals surface area contributed by atoms with E-state index in [4.69, 9.17) is 5.73 Å². The number of aromatic nitrogens is 1. The van der Waals surface area contributed by atoms with Crippen molar-refractivity contribution in [3.8, 4) is 0 Å². The third-order valence-electron chi connectivity index (χ3n) is 3.09. The van der Waals surface area contributed by atoms with Crippen LogP contribution in [0.25, 0.3) is 0 Å². The van der Waals surface area contributed by atoms with Crippen LogP contribution in [0.2, 0.25) is 0 Å². The van der Waals surface area contributed by atoms with Crippen LogP contribution < -0.4 is 5.73 Å². The van der Waals surface area contributed by atoms with Crippen LogP contribution in [0.1, 0.15) is 30.0 Å². The number of halogens is 2. The summed E-state index contributed by atoms with van der Waals surface area (Å²) >= 11 is 0. The number of hydrogen-bond donors (Lipinski definition) is 1. The van der Waals surface area contributed by atoms with Gasteiger partial charge in [-0.25, -0.2) is 8.78 Å². The van der Waals surface area contributed by atoms with Gasteiger partial charge in [0.2, 0.25) is 0 Å². The fourth-order valence-electron chi connectivity index (χ4n) is 1.92. The lowest BCUT2D eigenvalue weighted by molar-refractivity contribution is 0.526. The van der Waals surface area contributed by atoms with Gasteiger partial charge in [0.1, 0.15) is 11.6 Å². The molecular formula is C14H14F2N2. The molecule has 0 saturated carbocycles. The summed E-state index contributed by atoms with van der Waals surface area (Å²) in [6, 6.07) is 6.63. The molecule has 94 valence electrons. The summed E-state index contributed by atoms with van der Waals surface area (Å²) in [5.41, 5.74) is 7.33. The van der Waals surface area contributed by atoms with E-state index in [2.05, 4.69) is 4.98 Å². The van der Waals surface area contributed by atoms with E-state index in [1.807, 2.05) is 19.1 Å². The van der Waals surface area contributed by atoms with Crippen LogP contribution in [0.4, 0.5) is 8.78 Å². The summed E-state index contributed by atoms with van der Waals surface area (Å²) in [7, 11) is 0. The fraction of sp³-hybridized carbons (Fsp3) is 0.214. The number of benzene rings is 1. The number of pyridine rings is 1. The Bertz CT molecular complexity index is 529. The first-order chi connectivity index (χ1) is 8.59. The molecule has 2 unspecified atom stereocenters. The Balaban J connectivity index is 2.28. The minimum absolute atomic E-state index is 0.0760. The van der Waals surface area contributed by atoms with Crippen molar-refractivity contribution in [2.75, 3.05) is 0 Å². The topological polar surface area (TPSA) is 38.9 Å². The fourth-order valence-corrected chi connectivity index (χ4v) is 1.92. The Labute approximate surface area is 104 Å². The normalized spacial score (nSPS) is 14.2. The van der Waals surface area contributed by atoms with Crippen molar-refractivity contribution in [2.24, 2.45) is 5.73 Å². The van der Waals surface area contributed by atoms with Crippen molar-refractivity contribution in [1.29, 1.82) is 0 Å². The molecule has 2 aromatic rings. The van der Waals surface area contributed by atoms with Crippen LogP contribution in [0.5, 0.6) is 0 Å². The van der Waals surface area contributed by atoms with Crippen LogP contribution in [0.15, 0.2) is 42.7 Å². The second kappa shape index (κ2) is 5.23. The molecule has 18 heavy (non-hydrogen) atoms. The molecule has 2 nitrogen and oxygen atoms in total. The van der Waals surface area contributed by atoms with Crippen molar-refractivity contribution < 1.29 is 8.78 Å². The van der Waals surface area contributed by atoms with Gasteiger partial charge in [-0.15, -0.1) is 0 Å². The maximum atomic E-state index is 13.6. The smallest absolute Gasteiger partial charge is 0.130 e. The lowest BCUT2D eigenvalue weighted by Gasteiger charge is -2.21. The van der Waals surface area contributed by atoms with Crippen molar-refractivity contribution in [1.82, 2.24) is 4.98 Å². The summed E-state index contributed by atoms with van der Waals surface area (Å²) in [4.78, 5) is 3.92. The maximum Gasteiger partial charge on any atom is 0.130 e. The van der Waals surface area contributed by atoms with E-state index in [1.165, 1.54) is 12.1 Å². The zero-order valence-corrected chi connectivity index (χ0v) is 9.98. The molecule has 0 spiro atoms. The highest BCUT2D eigenvalue weighted by Gasteiger charge is 2.20. The van der Waals surface area contributed by atoms with Gasteiger partial charge in [-0.3, -0.25) is 4.98 Å². The summed E-state index contributed by atoms with van der Waals surface area (Å²) < 4.78 is 26.5. The van der Waals surface area contributed by atoms with Gasteiger partial charge in [0.05, 0.1) is 0 Å². The lowest BCUT2D eigenvalue weighted by atomic mass is 9.89. The van der Waals surface area contributed by atoms with Gasteiger partial charge in [-0.05, 0) is 23.8 Å². The van der Waals surface area contributed by atoms with Gasteiger partial charge in [0.15, 0.2) is 0 Å². The Hall–Kier alpha value is -1.81. The molecule has 1 aromatic carbocycles. The molecule has 2 atom stereocenters. The summed E-state index contributed by atoms with van der Waals surface area (Å²) in [5, 5.41) is 0. The van der Waals surface area contributed by atoms with Crippen LogP contribution in [0.3, 0.4) is 0 Å². The van der Waals surface area contributed by atoms with Gasteiger partial charge in [-0.2, -0.15) is 0 Å². The van der Waals surface area contributed by atoms with Crippen molar-refractivity contribution >= 4 is 0 Å². The summed E-state index contributed by atoms with van der Waals surface area (Å²) in [5.74, 6) is -1.28. The largest absolute Gasteiger partial charge is 0.323 e. The second-order valence-corrected chi connectivity index (χ2v) is 4.26. The van der Waals surface area contributed by atoms with E-state index in [-0.39, 0.29) is 5.92 Å². The van der Waals surface area contributed by atoms with Gasteiger partial charge < -0.3 is 5.73 Å². The van der Waals surface area contributed by atoms with Gasteiger partial charge in [0, 0.05) is 36.0 Å². The lowest BCUT2D eigenvalue weighted by Crippen LogP contribution is -2.19. The number of nitrogens with zero attached hydrogens (tertiary/aromatic N) is 1. The van der Waals surface area contributed by atoms with Gasteiger partial charge >= 0.3 is 0 Å². The first kappa shape index (κ1) is 12.6. The predicted octanol–water partition coefficient (Wildman–Crippen LogP) is 3.16. The van der Waals surface area contributed by atoms with E-state index in [1.54, 1.807) is 12.4 Å². The van der Waals surface area contributed by atoms with Crippen molar-refractivity contribution in [3.63, 3.8) is 0 Å². The molecule has 1 aromatic heterocycles. The minimum Gasteiger partial charge on any atom is -0.323 e. The van der Waals surface area contributed by atoms with Gasteiger partial charge in [-0.1, -0.05) is 13.0 Å². The Morgan fingerprint density at radius 2 is 1.78 bits per heavy atom. The van der Waals surface area contributed by atoms with E-state index in [0.29, 0.717) is 5.56 Å². The van der Waals surface area contributed by atoms with Crippen LogP contribution in [-0.4, -0.2) is 4.98 Å². The third-order valence-corrected chi connectivity index (χ3v) is 3.09. The first-order valence-electron chi connectivity index (χ1n) is 5.70. The molecule has 0 fully saturated rings. The summed E-state index contributed by atoms with van der Waals surface area (Å²) in [6.45, 7) is 1.91. The molecule has 0 aliphatic rings. The first-order valence-corrected chi connectivity index (χ1v) is 5.70. The Morgan fingerprint density at radius 3 is 2.39 bits per heavy atom. The molecule has 1 heterocycles. The predicted molar refractivity (Wildman–Crippen MR) is 65.9 cm³/mol. The average Bonchev–Trinajstić information content (AvgIpc) is 2.38. The molecule has 0 bridgehead atoms. The average molecular weight is 248 g/mol. The highest BCUT2D eigenvalue weighted by Crippen LogP contribution is 2.29. The third kappa shape index (κ3) is 2.54. The molecule has 4 heteroatoms. The van der Waals surface area contributed by atoms with Crippen molar-refractivity contribution in [3.05, 3.63) is 65.5 Å². The SMILES string of the molecule is CC(c1ccncc1)C(N)c1ccc(F)cc1F. The molecule has 0 aliphatic heterocycles. The van der Waals surface area contributed by atoms with Crippen molar-refractivity contribution in [2.45, 2.75) is 18.9 Å². The monoisotopic (exact) mass is 248 g/mol. The Kier molecular flexibility index (Phi) is 3.67. The highest BCUT2D eigenvalue weighted by atomic mass is 19.1. The highest BCUT2D eigenvalue weighted by molar-refractivity contribution is 5.27. The van der Waals surface area contributed by atoms with Crippen LogP contribution in [0, 0.1) is 11.6 Å². The zero-order chi connectivity index (χ0) is 13.1. The van der Waals surface area contributed by atoms with E-state index in [0.717, 1.165) is 11.6 Å². The molecular weight excluding hydrogens is 234 g/mol.